The van der Waals surface area contributed by atoms with Crippen LogP contribution < -0.4 is 11.1 Å². The molecule has 1 aliphatic rings. The van der Waals surface area contributed by atoms with Crippen LogP contribution in [0.3, 0.4) is 0 Å². The first-order chi connectivity index (χ1) is 6.27. The molecule has 1 heterocycles. The first-order valence-electron chi connectivity index (χ1n) is 4.73. The summed E-state index contributed by atoms with van der Waals surface area (Å²) < 4.78 is 0. The molecule has 0 aromatic carbocycles. The quantitative estimate of drug-likeness (QED) is 0.741. The summed E-state index contributed by atoms with van der Waals surface area (Å²) in [6.45, 7) is 2.21. The molecule has 1 saturated carbocycles. The fourth-order valence-corrected chi connectivity index (χ4v) is 1.50. The molecule has 3 N–H and O–H groups in total. The second-order valence-corrected chi connectivity index (χ2v) is 3.73. The molecule has 1 aromatic heterocycles. The normalized spacial score (nSPS) is 18.2. The third kappa shape index (κ3) is 1.91. The van der Waals surface area contributed by atoms with Crippen molar-refractivity contribution in [1.82, 2.24) is 4.98 Å². The van der Waals surface area contributed by atoms with Crippen LogP contribution in [0.1, 0.15) is 19.8 Å². The van der Waals surface area contributed by atoms with Crippen LogP contribution in [0.2, 0.25) is 0 Å². The molecule has 0 radical (unpaired) electrons. The Kier molecular flexibility index (Phi) is 2.08. The molecule has 3 nitrogen and oxygen atoms in total. The van der Waals surface area contributed by atoms with E-state index in [9.17, 15) is 0 Å². The molecule has 0 aliphatic heterocycles. The zero-order valence-corrected chi connectivity index (χ0v) is 7.83. The minimum Gasteiger partial charge on any atom is -0.396 e. The van der Waals surface area contributed by atoms with Gasteiger partial charge >= 0.3 is 0 Å². The maximum atomic E-state index is 5.76. The molecule has 0 amide bonds. The van der Waals surface area contributed by atoms with E-state index in [4.69, 9.17) is 5.73 Å². The molecular formula is C10H15N3. The molecule has 70 valence electrons. The van der Waals surface area contributed by atoms with E-state index in [1.54, 1.807) is 12.4 Å². The number of hydrogen-bond donors (Lipinski definition) is 2. The van der Waals surface area contributed by atoms with Gasteiger partial charge in [-0.3, -0.25) is 4.98 Å². The first kappa shape index (κ1) is 8.35. The molecular weight excluding hydrogens is 162 g/mol. The fourth-order valence-electron chi connectivity index (χ4n) is 1.50. The number of anilines is 2. The van der Waals surface area contributed by atoms with Gasteiger partial charge in [-0.25, -0.2) is 0 Å². The molecule has 1 fully saturated rings. The summed E-state index contributed by atoms with van der Waals surface area (Å²) in [7, 11) is 0. The fraction of sp³-hybridized carbons (Fsp3) is 0.500. The molecule has 13 heavy (non-hydrogen) atoms. The van der Waals surface area contributed by atoms with Crippen LogP contribution in [-0.4, -0.2) is 11.0 Å². The number of nitrogens with zero attached hydrogens (tertiary/aromatic N) is 1. The molecule has 0 saturated heterocycles. The molecule has 1 atom stereocenters. The number of nitrogens with one attached hydrogen (secondary N) is 1. The Bertz CT molecular complexity index is 294. The highest BCUT2D eigenvalue weighted by Gasteiger charge is 2.27. The van der Waals surface area contributed by atoms with Gasteiger partial charge in [0.05, 0.1) is 17.6 Å². The van der Waals surface area contributed by atoms with E-state index in [0.717, 1.165) is 17.3 Å². The average molecular weight is 177 g/mol. The van der Waals surface area contributed by atoms with Crippen molar-refractivity contribution in [2.24, 2.45) is 5.92 Å². The minimum atomic E-state index is 0.532. The summed E-state index contributed by atoms with van der Waals surface area (Å²) in [5.41, 5.74) is 7.50. The van der Waals surface area contributed by atoms with Gasteiger partial charge in [-0.1, -0.05) is 0 Å². The summed E-state index contributed by atoms with van der Waals surface area (Å²) >= 11 is 0. The van der Waals surface area contributed by atoms with E-state index >= 15 is 0 Å². The highest BCUT2D eigenvalue weighted by Crippen LogP contribution is 2.34. The summed E-state index contributed by atoms with van der Waals surface area (Å²) in [6.07, 6.45) is 6.14. The molecule has 0 spiro atoms. The van der Waals surface area contributed by atoms with Crippen LogP contribution in [0.4, 0.5) is 11.4 Å². The van der Waals surface area contributed by atoms with Gasteiger partial charge in [-0.05, 0) is 31.7 Å². The van der Waals surface area contributed by atoms with Gasteiger partial charge in [0.2, 0.25) is 0 Å². The van der Waals surface area contributed by atoms with Crippen LogP contribution in [0.15, 0.2) is 18.5 Å². The lowest BCUT2D eigenvalue weighted by atomic mass is 10.2. The summed E-state index contributed by atoms with van der Waals surface area (Å²) in [5, 5.41) is 3.41. The second-order valence-electron chi connectivity index (χ2n) is 3.73. The number of nitrogens with two attached hydrogens (primary N) is 1. The van der Waals surface area contributed by atoms with Crippen molar-refractivity contribution in [1.29, 1.82) is 0 Å². The maximum absolute atomic E-state index is 5.76. The van der Waals surface area contributed by atoms with Crippen LogP contribution in [0, 0.1) is 5.92 Å². The Labute approximate surface area is 78.4 Å². The van der Waals surface area contributed by atoms with Gasteiger partial charge in [0, 0.05) is 12.2 Å². The molecule has 3 heteroatoms. The number of hydrogen-bond acceptors (Lipinski definition) is 3. The molecule has 1 aliphatic carbocycles. The Balaban J connectivity index is 2.03. The van der Waals surface area contributed by atoms with Crippen LogP contribution >= 0.6 is 0 Å². The Morgan fingerprint density at radius 1 is 1.62 bits per heavy atom. The van der Waals surface area contributed by atoms with Gasteiger partial charge in [0.1, 0.15) is 0 Å². The van der Waals surface area contributed by atoms with Gasteiger partial charge in [-0.2, -0.15) is 0 Å². The molecule has 0 bridgehead atoms. The summed E-state index contributed by atoms with van der Waals surface area (Å²) in [5.74, 6) is 0.840. The van der Waals surface area contributed by atoms with Gasteiger partial charge in [0.25, 0.3) is 0 Å². The number of nitrogen functional groups attached to an aromatic ring is 1. The van der Waals surface area contributed by atoms with Crippen molar-refractivity contribution < 1.29 is 0 Å². The van der Waals surface area contributed by atoms with Crippen molar-refractivity contribution in [2.75, 3.05) is 11.1 Å². The Hall–Kier alpha value is -1.25. The van der Waals surface area contributed by atoms with Crippen LogP contribution in [0.5, 0.6) is 0 Å². The second kappa shape index (κ2) is 3.24. The standard InChI is InChI=1S/C10H15N3/c1-7(8-2-3-8)13-10-4-5-12-6-9(10)11/h4-8H,2-3,11H2,1H3,(H,12,13). The van der Waals surface area contributed by atoms with Crippen molar-refractivity contribution in [3.05, 3.63) is 18.5 Å². The highest BCUT2D eigenvalue weighted by atomic mass is 14.9. The third-order valence-electron chi connectivity index (χ3n) is 2.56. The zero-order chi connectivity index (χ0) is 9.26. The van der Waals surface area contributed by atoms with E-state index < -0.39 is 0 Å². The largest absolute Gasteiger partial charge is 0.396 e. The Morgan fingerprint density at radius 3 is 3.00 bits per heavy atom. The SMILES string of the molecule is CC(Nc1ccncc1N)C1CC1. The van der Waals surface area contributed by atoms with Crippen molar-refractivity contribution >= 4 is 11.4 Å². The summed E-state index contributed by atoms with van der Waals surface area (Å²) in [6, 6.07) is 2.46. The van der Waals surface area contributed by atoms with E-state index in [2.05, 4.69) is 17.2 Å². The smallest absolute Gasteiger partial charge is 0.0736 e. The van der Waals surface area contributed by atoms with Crippen molar-refractivity contribution in [3.63, 3.8) is 0 Å². The van der Waals surface area contributed by atoms with Gasteiger partial charge in [0.15, 0.2) is 0 Å². The first-order valence-corrected chi connectivity index (χ1v) is 4.73. The zero-order valence-electron chi connectivity index (χ0n) is 7.83. The lowest BCUT2D eigenvalue weighted by Crippen LogP contribution is -2.18. The van der Waals surface area contributed by atoms with E-state index in [1.165, 1.54) is 12.8 Å². The predicted molar refractivity (Wildman–Crippen MR) is 54.5 cm³/mol. The number of pyridine rings is 1. The minimum absolute atomic E-state index is 0.532. The number of rotatable bonds is 3. The topological polar surface area (TPSA) is 50.9 Å². The third-order valence-corrected chi connectivity index (χ3v) is 2.56. The van der Waals surface area contributed by atoms with Crippen molar-refractivity contribution in [3.8, 4) is 0 Å². The molecule has 1 unspecified atom stereocenters. The van der Waals surface area contributed by atoms with Gasteiger partial charge < -0.3 is 11.1 Å². The number of aromatic nitrogens is 1. The molecule has 1 aromatic rings. The van der Waals surface area contributed by atoms with E-state index in [1.807, 2.05) is 6.07 Å². The Morgan fingerprint density at radius 2 is 2.38 bits per heavy atom. The highest BCUT2D eigenvalue weighted by molar-refractivity contribution is 5.64. The molecule has 2 rings (SSSR count). The average Bonchev–Trinajstić information content (AvgIpc) is 2.91. The van der Waals surface area contributed by atoms with Gasteiger partial charge in [-0.15, -0.1) is 0 Å². The predicted octanol–water partition coefficient (Wildman–Crippen LogP) is 1.87. The monoisotopic (exact) mass is 177 g/mol. The maximum Gasteiger partial charge on any atom is 0.0736 e. The lowest BCUT2D eigenvalue weighted by molar-refractivity contribution is 0.694. The summed E-state index contributed by atoms with van der Waals surface area (Å²) in [4.78, 5) is 3.95. The van der Waals surface area contributed by atoms with Crippen molar-refractivity contribution in [2.45, 2.75) is 25.8 Å². The van der Waals surface area contributed by atoms with E-state index in [-0.39, 0.29) is 0 Å². The lowest BCUT2D eigenvalue weighted by Gasteiger charge is -2.15. The van der Waals surface area contributed by atoms with E-state index in [0.29, 0.717) is 6.04 Å². The van der Waals surface area contributed by atoms with Crippen LogP contribution in [0.25, 0.3) is 0 Å². The van der Waals surface area contributed by atoms with Crippen LogP contribution in [-0.2, 0) is 0 Å².